The first-order valence-electron chi connectivity index (χ1n) is 8.46. The number of aryl methyl sites for hydroxylation is 1. The van der Waals surface area contributed by atoms with Crippen LogP contribution >= 0.6 is 23.1 Å². The Hall–Kier alpha value is -2.19. The number of aromatic nitrogens is 3. The number of para-hydroxylation sites is 1. The van der Waals surface area contributed by atoms with Gasteiger partial charge in [-0.05, 0) is 25.5 Å². The Labute approximate surface area is 158 Å². The molecule has 4 rings (SSSR count). The highest BCUT2D eigenvalue weighted by molar-refractivity contribution is 7.99. The van der Waals surface area contributed by atoms with E-state index in [4.69, 9.17) is 0 Å². The largest absolute Gasteiger partial charge is 0.302 e. The lowest BCUT2D eigenvalue weighted by atomic mass is 10.1. The number of fused-ring (bicyclic) bond motifs is 2. The summed E-state index contributed by atoms with van der Waals surface area (Å²) in [6, 6.07) is 7.78. The number of amides is 1. The first kappa shape index (κ1) is 17.2. The second-order valence-corrected chi connectivity index (χ2v) is 8.23. The highest BCUT2D eigenvalue weighted by Crippen LogP contribution is 2.29. The molecule has 2 aromatic heterocycles. The monoisotopic (exact) mass is 386 g/mol. The van der Waals surface area contributed by atoms with E-state index in [1.54, 1.807) is 4.57 Å². The van der Waals surface area contributed by atoms with E-state index < -0.39 is 0 Å². The van der Waals surface area contributed by atoms with E-state index in [1.165, 1.54) is 23.1 Å². The summed E-state index contributed by atoms with van der Waals surface area (Å²) in [5.41, 5.74) is 2.36. The molecule has 0 radical (unpaired) electrons. The van der Waals surface area contributed by atoms with Crippen LogP contribution in [0.5, 0.6) is 0 Å². The summed E-state index contributed by atoms with van der Waals surface area (Å²) in [7, 11) is 0. The molecule has 0 saturated heterocycles. The van der Waals surface area contributed by atoms with Crippen LogP contribution in [0.3, 0.4) is 0 Å². The maximum Gasteiger partial charge on any atom is 0.257 e. The Kier molecular flexibility index (Phi) is 4.54. The maximum absolute atomic E-state index is 12.7. The van der Waals surface area contributed by atoms with Gasteiger partial charge in [0.2, 0.25) is 5.91 Å². The average Bonchev–Trinajstić information content (AvgIpc) is 3.04. The Balaban J connectivity index is 1.56. The lowest BCUT2D eigenvalue weighted by Gasteiger charge is -2.24. The molecule has 26 heavy (non-hydrogen) atoms. The predicted molar refractivity (Wildman–Crippen MR) is 105 cm³/mol. The van der Waals surface area contributed by atoms with Gasteiger partial charge in [0.05, 0.1) is 16.1 Å². The molecule has 6 nitrogen and oxygen atoms in total. The number of hydrogen-bond donors (Lipinski definition) is 1. The molecular weight excluding hydrogens is 368 g/mol. The Morgan fingerprint density at radius 3 is 2.92 bits per heavy atom. The van der Waals surface area contributed by atoms with E-state index in [0.717, 1.165) is 21.5 Å². The highest BCUT2D eigenvalue weighted by Gasteiger charge is 2.28. The molecule has 1 aromatic carbocycles. The van der Waals surface area contributed by atoms with Crippen molar-refractivity contribution in [2.45, 2.75) is 32.0 Å². The zero-order valence-corrected chi connectivity index (χ0v) is 16.1. The average molecular weight is 387 g/mol. The lowest BCUT2D eigenvalue weighted by Crippen LogP contribution is -2.38. The van der Waals surface area contributed by atoms with Crippen molar-refractivity contribution in [3.05, 3.63) is 45.9 Å². The topological polar surface area (TPSA) is 76.9 Å². The van der Waals surface area contributed by atoms with Gasteiger partial charge in [0.15, 0.2) is 10.3 Å². The molecule has 1 amide bonds. The molecule has 134 valence electrons. The van der Waals surface area contributed by atoms with E-state index in [2.05, 4.69) is 15.3 Å². The van der Waals surface area contributed by atoms with Crippen LogP contribution in [0, 0.1) is 12.8 Å². The van der Waals surface area contributed by atoms with Gasteiger partial charge in [-0.15, -0.1) is 0 Å². The van der Waals surface area contributed by atoms with E-state index in [0.29, 0.717) is 29.0 Å². The molecular formula is C18H18N4O2S2. The summed E-state index contributed by atoms with van der Waals surface area (Å²) in [6.07, 6.45) is 0.644. The lowest BCUT2D eigenvalue weighted by molar-refractivity contribution is -0.119. The fourth-order valence-electron chi connectivity index (χ4n) is 3.09. The minimum Gasteiger partial charge on any atom is -0.302 e. The second-order valence-electron chi connectivity index (χ2n) is 6.21. The molecule has 0 fully saturated rings. The summed E-state index contributed by atoms with van der Waals surface area (Å²) in [4.78, 5) is 34.4. The molecule has 8 heteroatoms. The van der Waals surface area contributed by atoms with Gasteiger partial charge in [0.1, 0.15) is 0 Å². The number of anilines is 1. The van der Waals surface area contributed by atoms with E-state index in [9.17, 15) is 9.59 Å². The van der Waals surface area contributed by atoms with Gasteiger partial charge in [-0.25, -0.2) is 9.97 Å². The normalized spacial score (nSPS) is 16.5. The molecule has 1 atom stereocenters. The third-order valence-electron chi connectivity index (χ3n) is 4.50. The zero-order chi connectivity index (χ0) is 18.3. The minimum atomic E-state index is -0.286. The van der Waals surface area contributed by atoms with Crippen molar-refractivity contribution in [2.24, 2.45) is 5.92 Å². The van der Waals surface area contributed by atoms with E-state index >= 15 is 0 Å². The van der Waals surface area contributed by atoms with Crippen LogP contribution in [0.1, 0.15) is 18.2 Å². The van der Waals surface area contributed by atoms with Gasteiger partial charge in [-0.3, -0.25) is 14.2 Å². The molecule has 1 aliphatic rings. The summed E-state index contributed by atoms with van der Waals surface area (Å²) in [5.74, 6) is 0.216. The van der Waals surface area contributed by atoms with Crippen molar-refractivity contribution in [1.82, 2.24) is 14.5 Å². The van der Waals surface area contributed by atoms with Crippen molar-refractivity contribution in [3.63, 3.8) is 0 Å². The molecule has 3 heterocycles. The Morgan fingerprint density at radius 1 is 1.35 bits per heavy atom. The van der Waals surface area contributed by atoms with Gasteiger partial charge >= 0.3 is 0 Å². The van der Waals surface area contributed by atoms with Crippen molar-refractivity contribution in [1.29, 1.82) is 0 Å². The third-order valence-corrected chi connectivity index (χ3v) is 6.59. The van der Waals surface area contributed by atoms with Crippen molar-refractivity contribution >= 4 is 44.4 Å². The van der Waals surface area contributed by atoms with Gasteiger partial charge < -0.3 is 5.32 Å². The standard InChI is InChI=1S/C18H18N4O2S2/c1-3-12-10(2)19-18-22(16(12)24)8-11(9-25-18)15(23)21-17-20-13-6-4-5-7-14(13)26-17/h4-7,11H,3,8-9H2,1-2H3,(H,20,21,23)/t11-/m0/s1. The van der Waals surface area contributed by atoms with Crippen LogP contribution in [-0.4, -0.2) is 26.2 Å². The summed E-state index contributed by atoms with van der Waals surface area (Å²) < 4.78 is 2.68. The molecule has 0 aliphatic carbocycles. The molecule has 0 bridgehead atoms. The van der Waals surface area contributed by atoms with Gasteiger partial charge in [0, 0.05) is 23.6 Å². The molecule has 1 N–H and O–H groups in total. The predicted octanol–water partition coefficient (Wildman–Crippen LogP) is 3.08. The molecule has 3 aromatic rings. The number of nitrogens with one attached hydrogen (secondary N) is 1. The number of thioether (sulfide) groups is 1. The Bertz CT molecular complexity index is 1020. The van der Waals surface area contributed by atoms with E-state index in [-0.39, 0.29) is 17.4 Å². The zero-order valence-electron chi connectivity index (χ0n) is 14.5. The third kappa shape index (κ3) is 3.03. The summed E-state index contributed by atoms with van der Waals surface area (Å²) in [5, 5.41) is 4.21. The van der Waals surface area contributed by atoms with Crippen molar-refractivity contribution < 1.29 is 4.79 Å². The van der Waals surface area contributed by atoms with Crippen LogP contribution in [0.2, 0.25) is 0 Å². The van der Waals surface area contributed by atoms with Crippen molar-refractivity contribution in [3.8, 4) is 0 Å². The molecule has 0 unspecified atom stereocenters. The van der Waals surface area contributed by atoms with Gasteiger partial charge in [0.25, 0.3) is 5.56 Å². The SMILES string of the molecule is CCc1c(C)nc2n(c1=O)C[C@H](C(=O)Nc1nc3ccccc3s1)CS2. The number of benzene rings is 1. The summed E-state index contributed by atoms with van der Waals surface area (Å²) in [6.45, 7) is 4.18. The van der Waals surface area contributed by atoms with Crippen molar-refractivity contribution in [2.75, 3.05) is 11.1 Å². The van der Waals surface area contributed by atoms with Crippen LogP contribution in [0.15, 0.2) is 34.2 Å². The first-order chi connectivity index (χ1) is 12.6. The highest BCUT2D eigenvalue weighted by atomic mass is 32.2. The van der Waals surface area contributed by atoms with Crippen LogP contribution < -0.4 is 10.9 Å². The second kappa shape index (κ2) is 6.85. The van der Waals surface area contributed by atoms with Crippen LogP contribution in [-0.2, 0) is 17.8 Å². The molecule has 0 saturated carbocycles. The fraction of sp³-hybridized carbons (Fsp3) is 0.333. The number of carbonyl (C=O) groups excluding carboxylic acids is 1. The minimum absolute atomic E-state index is 0.0278. The number of hydrogen-bond acceptors (Lipinski definition) is 6. The van der Waals surface area contributed by atoms with Gasteiger partial charge in [-0.2, -0.15) is 0 Å². The quantitative estimate of drug-likeness (QED) is 0.700. The smallest absolute Gasteiger partial charge is 0.257 e. The van der Waals surface area contributed by atoms with Gasteiger partial charge in [-0.1, -0.05) is 42.2 Å². The van der Waals surface area contributed by atoms with Crippen LogP contribution in [0.25, 0.3) is 10.2 Å². The van der Waals surface area contributed by atoms with E-state index in [1.807, 2.05) is 38.1 Å². The number of thiazole rings is 1. The first-order valence-corrected chi connectivity index (χ1v) is 10.3. The molecule has 1 aliphatic heterocycles. The number of carbonyl (C=O) groups is 1. The Morgan fingerprint density at radius 2 is 2.15 bits per heavy atom. The number of nitrogens with zero attached hydrogens (tertiary/aromatic N) is 3. The summed E-state index contributed by atoms with van der Waals surface area (Å²) >= 11 is 2.92. The maximum atomic E-state index is 12.7. The fourth-order valence-corrected chi connectivity index (χ4v) is 5.08. The molecule has 0 spiro atoms. The number of rotatable bonds is 3. The van der Waals surface area contributed by atoms with Crippen LogP contribution in [0.4, 0.5) is 5.13 Å².